The van der Waals surface area contributed by atoms with Gasteiger partial charge in [-0.05, 0) is 32.9 Å². The highest BCUT2D eigenvalue weighted by atomic mass is 31.2. The second kappa shape index (κ2) is 4.93. The monoisotopic (exact) mass is 253 g/mol. The zero-order valence-corrected chi connectivity index (χ0v) is 11.6. The average Bonchev–Trinajstić information content (AvgIpc) is 2.34. The molecular formula is C13H20NO2P. The molecule has 0 radical (unpaired) electrons. The summed E-state index contributed by atoms with van der Waals surface area (Å²) >= 11 is 0. The van der Waals surface area contributed by atoms with Crippen molar-refractivity contribution in [1.82, 2.24) is 4.67 Å². The lowest BCUT2D eigenvalue weighted by Gasteiger charge is -2.39. The van der Waals surface area contributed by atoms with Gasteiger partial charge in [-0.25, -0.2) is 4.67 Å². The maximum absolute atomic E-state index is 13.0. The van der Waals surface area contributed by atoms with Crippen LogP contribution < -0.4 is 0 Å². The van der Waals surface area contributed by atoms with E-state index in [0.717, 1.165) is 18.5 Å². The molecule has 0 unspecified atom stereocenters. The Morgan fingerprint density at radius 3 is 2.71 bits per heavy atom. The molecule has 0 aliphatic carbocycles. The van der Waals surface area contributed by atoms with Crippen LogP contribution in [0.1, 0.15) is 31.5 Å². The van der Waals surface area contributed by atoms with Crippen molar-refractivity contribution in [3.8, 4) is 0 Å². The van der Waals surface area contributed by atoms with Crippen LogP contribution in [0.3, 0.4) is 0 Å². The van der Waals surface area contributed by atoms with E-state index in [4.69, 9.17) is 4.52 Å². The maximum Gasteiger partial charge on any atom is 0.279 e. The largest absolute Gasteiger partial charge is 0.314 e. The van der Waals surface area contributed by atoms with Gasteiger partial charge in [0.1, 0.15) is 0 Å². The Bertz CT molecular complexity index is 421. The van der Waals surface area contributed by atoms with E-state index in [2.05, 4.69) is 0 Å². The minimum absolute atomic E-state index is 0.0727. The third-order valence-electron chi connectivity index (χ3n) is 3.44. The van der Waals surface area contributed by atoms with E-state index in [-0.39, 0.29) is 11.8 Å². The molecule has 0 spiro atoms. The van der Waals surface area contributed by atoms with Crippen molar-refractivity contribution in [3.05, 3.63) is 35.9 Å². The van der Waals surface area contributed by atoms with E-state index in [0.29, 0.717) is 0 Å². The van der Waals surface area contributed by atoms with Crippen LogP contribution in [0, 0.1) is 0 Å². The van der Waals surface area contributed by atoms with Crippen LogP contribution in [0.4, 0.5) is 0 Å². The molecule has 1 heterocycles. The zero-order chi connectivity index (χ0) is 12.5. The lowest BCUT2D eigenvalue weighted by Crippen LogP contribution is -2.31. The molecule has 1 aromatic carbocycles. The third-order valence-corrected chi connectivity index (χ3v) is 6.53. The summed E-state index contributed by atoms with van der Waals surface area (Å²) in [4.78, 5) is 0. The zero-order valence-electron chi connectivity index (χ0n) is 10.7. The van der Waals surface area contributed by atoms with Gasteiger partial charge in [-0.3, -0.25) is 4.57 Å². The van der Waals surface area contributed by atoms with Gasteiger partial charge in [-0.1, -0.05) is 30.3 Å². The lowest BCUT2D eigenvalue weighted by molar-refractivity contribution is 0.145. The van der Waals surface area contributed by atoms with Crippen molar-refractivity contribution < 1.29 is 9.09 Å². The highest BCUT2D eigenvalue weighted by Gasteiger charge is 2.40. The fraction of sp³-hybridized carbons (Fsp3) is 0.538. The van der Waals surface area contributed by atoms with E-state index in [9.17, 15) is 4.57 Å². The summed E-state index contributed by atoms with van der Waals surface area (Å²) in [7, 11) is -0.845. The van der Waals surface area contributed by atoms with Gasteiger partial charge < -0.3 is 4.52 Å². The lowest BCUT2D eigenvalue weighted by atomic mass is 10.2. The quantitative estimate of drug-likeness (QED) is 0.753. The van der Waals surface area contributed by atoms with Gasteiger partial charge in [0, 0.05) is 6.54 Å². The third kappa shape index (κ3) is 2.47. The second-order valence-corrected chi connectivity index (χ2v) is 7.53. The molecule has 94 valence electrons. The van der Waals surface area contributed by atoms with Gasteiger partial charge in [0.25, 0.3) is 7.52 Å². The first-order valence-electron chi connectivity index (χ1n) is 6.08. The van der Waals surface area contributed by atoms with Gasteiger partial charge in [0.2, 0.25) is 0 Å². The van der Waals surface area contributed by atoms with Gasteiger partial charge >= 0.3 is 0 Å². The van der Waals surface area contributed by atoms with E-state index in [1.54, 1.807) is 0 Å². The van der Waals surface area contributed by atoms with Crippen LogP contribution >= 0.6 is 7.52 Å². The summed E-state index contributed by atoms with van der Waals surface area (Å²) in [6.07, 6.45) is 1.03. The van der Waals surface area contributed by atoms with Crippen molar-refractivity contribution in [2.75, 3.05) is 13.6 Å². The molecular weight excluding hydrogens is 233 g/mol. The summed E-state index contributed by atoms with van der Waals surface area (Å²) in [6, 6.07) is 9.96. The molecule has 0 saturated carbocycles. The van der Waals surface area contributed by atoms with Crippen molar-refractivity contribution >= 4 is 7.52 Å². The predicted molar refractivity (Wildman–Crippen MR) is 70.3 cm³/mol. The molecule has 4 heteroatoms. The smallest absolute Gasteiger partial charge is 0.279 e. The molecule has 1 aliphatic rings. The minimum Gasteiger partial charge on any atom is -0.314 e. The number of benzene rings is 1. The van der Waals surface area contributed by atoms with E-state index < -0.39 is 7.52 Å². The molecule has 1 aromatic rings. The SMILES string of the molecule is C[C@H](c1ccccc1)[P@@]1(=O)O[C@@H](C)CCN1C. The summed E-state index contributed by atoms with van der Waals surface area (Å²) in [5.74, 6) is 0. The first-order valence-corrected chi connectivity index (χ1v) is 7.73. The maximum atomic E-state index is 13.0. The number of nitrogens with zero attached hydrogens (tertiary/aromatic N) is 1. The number of hydrogen-bond acceptors (Lipinski definition) is 2. The van der Waals surface area contributed by atoms with Gasteiger partial charge in [0.15, 0.2) is 0 Å². The van der Waals surface area contributed by atoms with Crippen molar-refractivity contribution in [2.45, 2.75) is 32.0 Å². The van der Waals surface area contributed by atoms with E-state index >= 15 is 0 Å². The van der Waals surface area contributed by atoms with Crippen LogP contribution in [0.2, 0.25) is 0 Å². The fourth-order valence-corrected chi connectivity index (χ4v) is 4.71. The fourth-order valence-electron chi connectivity index (χ4n) is 2.21. The van der Waals surface area contributed by atoms with E-state index in [1.165, 1.54) is 0 Å². The van der Waals surface area contributed by atoms with Crippen LogP contribution in [0.15, 0.2) is 30.3 Å². The predicted octanol–water partition coefficient (Wildman–Crippen LogP) is 3.68. The molecule has 1 saturated heterocycles. The Morgan fingerprint density at radius 2 is 2.06 bits per heavy atom. The van der Waals surface area contributed by atoms with Crippen LogP contribution in [0.5, 0.6) is 0 Å². The molecule has 0 aromatic heterocycles. The number of rotatable bonds is 2. The molecule has 3 atom stereocenters. The Kier molecular flexibility index (Phi) is 3.72. The summed E-state index contributed by atoms with van der Waals surface area (Å²) in [5.41, 5.74) is 1.01. The van der Waals surface area contributed by atoms with E-state index in [1.807, 2.05) is 55.9 Å². The highest BCUT2D eigenvalue weighted by Crippen LogP contribution is 2.64. The van der Waals surface area contributed by atoms with Gasteiger partial charge in [-0.2, -0.15) is 0 Å². The Labute approximate surface area is 103 Å². The standard InChI is InChI=1S/C13H20NO2P/c1-11-9-10-14(3)17(15,16-11)12(2)13-7-5-4-6-8-13/h4-8,11-12H,9-10H2,1-3H3/t11-,12+,17+/m0/s1. The Morgan fingerprint density at radius 1 is 1.41 bits per heavy atom. The van der Waals surface area contributed by atoms with Crippen molar-refractivity contribution in [2.24, 2.45) is 0 Å². The molecule has 3 nitrogen and oxygen atoms in total. The second-order valence-electron chi connectivity index (χ2n) is 4.74. The average molecular weight is 253 g/mol. The van der Waals surface area contributed by atoms with Crippen LogP contribution in [0.25, 0.3) is 0 Å². The molecule has 0 bridgehead atoms. The van der Waals surface area contributed by atoms with Gasteiger partial charge in [-0.15, -0.1) is 0 Å². The summed E-state index contributed by atoms with van der Waals surface area (Å²) in [5, 5.41) is 0. The highest BCUT2D eigenvalue weighted by molar-refractivity contribution is 7.56. The Balaban J connectivity index is 2.28. The summed E-state index contributed by atoms with van der Waals surface area (Å²) < 4.78 is 20.7. The molecule has 17 heavy (non-hydrogen) atoms. The van der Waals surface area contributed by atoms with Crippen LogP contribution in [-0.2, 0) is 9.09 Å². The molecule has 1 fully saturated rings. The Hall–Kier alpha value is -0.630. The van der Waals surface area contributed by atoms with Crippen LogP contribution in [-0.4, -0.2) is 24.4 Å². The first kappa shape index (κ1) is 12.8. The first-order chi connectivity index (χ1) is 8.04. The van der Waals surface area contributed by atoms with Crippen molar-refractivity contribution in [1.29, 1.82) is 0 Å². The van der Waals surface area contributed by atoms with Gasteiger partial charge in [0.05, 0.1) is 11.8 Å². The number of hydrogen-bond donors (Lipinski definition) is 0. The topological polar surface area (TPSA) is 29.5 Å². The molecule has 0 amide bonds. The van der Waals surface area contributed by atoms with Crippen molar-refractivity contribution in [3.63, 3.8) is 0 Å². The minimum atomic E-state index is -2.74. The molecule has 2 rings (SSSR count). The normalized spacial score (nSPS) is 32.3. The molecule has 1 aliphatic heterocycles. The summed E-state index contributed by atoms with van der Waals surface area (Å²) in [6.45, 7) is 4.83. The molecule has 0 N–H and O–H groups in total.